The molecule has 2 saturated heterocycles. The van der Waals surface area contributed by atoms with Crippen LogP contribution >= 0.6 is 24.0 Å². The molecule has 1 amide bonds. The van der Waals surface area contributed by atoms with Gasteiger partial charge in [0.25, 0.3) is 0 Å². The van der Waals surface area contributed by atoms with Gasteiger partial charge in [0.15, 0.2) is 5.96 Å². The summed E-state index contributed by atoms with van der Waals surface area (Å²) in [6.45, 7) is 6.83. The minimum absolute atomic E-state index is 0. The Kier molecular flexibility index (Phi) is 11.0. The van der Waals surface area contributed by atoms with Gasteiger partial charge in [-0.05, 0) is 50.9 Å². The Balaban J connectivity index is 0.00000363. The van der Waals surface area contributed by atoms with Crippen LogP contribution in [0.4, 0.5) is 10.1 Å². The molecule has 0 aliphatic carbocycles. The Bertz CT molecular complexity index is 762. The maximum absolute atomic E-state index is 14.3. The van der Waals surface area contributed by atoms with Crippen molar-refractivity contribution in [1.29, 1.82) is 0 Å². The van der Waals surface area contributed by atoms with E-state index in [1.54, 1.807) is 25.1 Å². The lowest BCUT2D eigenvalue weighted by Crippen LogP contribution is -2.53. The summed E-state index contributed by atoms with van der Waals surface area (Å²) >= 11 is 0. The lowest BCUT2D eigenvalue weighted by molar-refractivity contribution is -0.127. The van der Waals surface area contributed by atoms with Crippen LogP contribution in [0.5, 0.6) is 0 Å². The number of hydrogen-bond donors (Lipinski definition) is 2. The largest absolute Gasteiger partial charge is 0.367 e. The molecule has 2 heterocycles. The zero-order valence-electron chi connectivity index (χ0n) is 19.5. The molecular formula is C23H38FIN6O. The van der Waals surface area contributed by atoms with E-state index in [0.717, 1.165) is 39.0 Å². The monoisotopic (exact) mass is 560 g/mol. The number of carbonyl (C=O) groups excluding carboxylic acids is 1. The molecule has 7 nitrogen and oxygen atoms in total. The first-order valence-corrected chi connectivity index (χ1v) is 11.5. The van der Waals surface area contributed by atoms with Crippen LogP contribution in [0, 0.1) is 5.82 Å². The first-order valence-electron chi connectivity index (χ1n) is 11.5. The van der Waals surface area contributed by atoms with Gasteiger partial charge < -0.3 is 20.4 Å². The average Bonchev–Trinajstić information content (AvgIpc) is 3.23. The third kappa shape index (κ3) is 7.47. The number of nitrogens with one attached hydrogen (secondary N) is 2. The Morgan fingerprint density at radius 2 is 1.97 bits per heavy atom. The summed E-state index contributed by atoms with van der Waals surface area (Å²) in [5, 5.41) is 6.98. The van der Waals surface area contributed by atoms with Crippen LogP contribution in [0.25, 0.3) is 0 Å². The van der Waals surface area contributed by atoms with E-state index in [0.29, 0.717) is 24.2 Å². The van der Waals surface area contributed by atoms with Crippen LogP contribution in [-0.2, 0) is 4.79 Å². The number of rotatable bonds is 7. The third-order valence-corrected chi connectivity index (χ3v) is 6.24. The van der Waals surface area contributed by atoms with Crippen molar-refractivity contribution < 1.29 is 9.18 Å². The first-order chi connectivity index (χ1) is 15.0. The number of halogens is 2. The van der Waals surface area contributed by atoms with E-state index in [1.165, 1.54) is 18.9 Å². The molecule has 2 fully saturated rings. The zero-order valence-corrected chi connectivity index (χ0v) is 21.8. The van der Waals surface area contributed by atoms with E-state index in [2.05, 4.69) is 32.3 Å². The molecule has 2 atom stereocenters. The third-order valence-electron chi connectivity index (χ3n) is 6.24. The van der Waals surface area contributed by atoms with E-state index >= 15 is 0 Å². The van der Waals surface area contributed by atoms with Gasteiger partial charge in [-0.25, -0.2) is 9.38 Å². The first kappa shape index (κ1) is 26.6. The highest BCUT2D eigenvalue weighted by Gasteiger charge is 2.25. The van der Waals surface area contributed by atoms with Gasteiger partial charge in [0, 0.05) is 45.8 Å². The van der Waals surface area contributed by atoms with Gasteiger partial charge in [-0.2, -0.15) is 0 Å². The van der Waals surface area contributed by atoms with E-state index < -0.39 is 0 Å². The van der Waals surface area contributed by atoms with Crippen molar-refractivity contribution in [3.63, 3.8) is 0 Å². The van der Waals surface area contributed by atoms with Crippen LogP contribution in [0.3, 0.4) is 0 Å². The van der Waals surface area contributed by atoms with Crippen LogP contribution < -0.4 is 15.5 Å². The van der Waals surface area contributed by atoms with Gasteiger partial charge in [-0.3, -0.25) is 9.69 Å². The fourth-order valence-electron chi connectivity index (χ4n) is 4.41. The molecule has 0 radical (unpaired) electrons. The molecule has 0 aromatic heterocycles. The summed E-state index contributed by atoms with van der Waals surface area (Å²) < 4.78 is 14.3. The fraction of sp³-hybridized carbons (Fsp3) is 0.652. The fourth-order valence-corrected chi connectivity index (χ4v) is 4.41. The second kappa shape index (κ2) is 13.2. The van der Waals surface area contributed by atoms with Crippen LogP contribution in [0.2, 0.25) is 0 Å². The molecule has 9 heteroatoms. The summed E-state index contributed by atoms with van der Waals surface area (Å²) in [5.41, 5.74) is 0.646. The minimum Gasteiger partial charge on any atom is -0.367 e. The number of benzene rings is 1. The number of guanidine groups is 1. The molecule has 2 unspecified atom stereocenters. The standard InChI is InChI=1S/C23H37FN6O.HI/c1-4-29-13-8-10-19(29)15-25-23(26-16-22(31)28(2)3)27-18-9-7-14-30(17-18)21-12-6-5-11-20(21)24;/h5-6,11-12,18-19H,4,7-10,13-17H2,1-3H3,(H2,25,26,27);1H. The SMILES string of the molecule is CCN1CCCC1CNC(=NCC(=O)N(C)C)NC1CCCN(c2ccccc2F)C1.I. The summed E-state index contributed by atoms with van der Waals surface area (Å²) in [6, 6.07) is 7.56. The van der Waals surface area contributed by atoms with Crippen molar-refractivity contribution in [2.75, 3.05) is 58.3 Å². The van der Waals surface area contributed by atoms with Gasteiger partial charge >= 0.3 is 0 Å². The van der Waals surface area contributed by atoms with Crippen LogP contribution in [0.15, 0.2) is 29.3 Å². The molecule has 2 N–H and O–H groups in total. The molecule has 0 bridgehead atoms. The molecule has 0 spiro atoms. The lowest BCUT2D eigenvalue weighted by atomic mass is 10.0. The van der Waals surface area contributed by atoms with E-state index in [-0.39, 0.29) is 48.3 Å². The number of likely N-dealkylation sites (N-methyl/N-ethyl adjacent to an activating group) is 2. The number of anilines is 1. The van der Waals surface area contributed by atoms with E-state index in [1.807, 2.05) is 12.1 Å². The Morgan fingerprint density at radius 1 is 1.22 bits per heavy atom. The molecular weight excluding hydrogens is 522 g/mol. The van der Waals surface area contributed by atoms with E-state index in [9.17, 15) is 9.18 Å². The second-order valence-corrected chi connectivity index (χ2v) is 8.64. The molecule has 2 aliphatic heterocycles. The number of nitrogens with zero attached hydrogens (tertiary/aromatic N) is 4. The average molecular weight is 561 g/mol. The Labute approximate surface area is 208 Å². The van der Waals surface area contributed by atoms with E-state index in [4.69, 9.17) is 0 Å². The van der Waals surface area contributed by atoms with Crippen LogP contribution in [-0.4, -0.2) is 87.1 Å². The highest BCUT2D eigenvalue weighted by Crippen LogP contribution is 2.23. The highest BCUT2D eigenvalue weighted by atomic mass is 127. The Morgan fingerprint density at radius 3 is 2.69 bits per heavy atom. The summed E-state index contributed by atoms with van der Waals surface area (Å²) in [7, 11) is 3.48. The minimum atomic E-state index is -0.187. The summed E-state index contributed by atoms with van der Waals surface area (Å²) in [6.07, 6.45) is 4.36. The van der Waals surface area contributed by atoms with Gasteiger partial charge in [0.05, 0.1) is 5.69 Å². The van der Waals surface area contributed by atoms with Crippen LogP contribution in [0.1, 0.15) is 32.6 Å². The molecule has 2 aliphatic rings. The quantitative estimate of drug-likeness (QED) is 0.305. The normalized spacial score (nSPS) is 21.8. The van der Waals surface area contributed by atoms with Crippen molar-refractivity contribution >= 4 is 41.5 Å². The van der Waals surface area contributed by atoms with Gasteiger partial charge in [-0.15, -0.1) is 24.0 Å². The summed E-state index contributed by atoms with van der Waals surface area (Å²) in [4.78, 5) is 22.8. The zero-order chi connectivity index (χ0) is 22.2. The van der Waals surface area contributed by atoms with Gasteiger partial charge in [0.2, 0.25) is 5.91 Å². The van der Waals surface area contributed by atoms with Crippen molar-refractivity contribution in [1.82, 2.24) is 20.4 Å². The van der Waals surface area contributed by atoms with Gasteiger partial charge in [-0.1, -0.05) is 19.1 Å². The van der Waals surface area contributed by atoms with Crippen molar-refractivity contribution in [3.8, 4) is 0 Å². The van der Waals surface area contributed by atoms with Crippen molar-refractivity contribution in [2.45, 2.75) is 44.7 Å². The second-order valence-electron chi connectivity index (χ2n) is 8.64. The Hall–Kier alpha value is -1.62. The predicted octanol–water partition coefficient (Wildman–Crippen LogP) is 2.52. The topological polar surface area (TPSA) is 63.2 Å². The number of aliphatic imine (C=N–C) groups is 1. The summed E-state index contributed by atoms with van der Waals surface area (Å²) in [5.74, 6) is 0.444. The number of likely N-dealkylation sites (tertiary alicyclic amines) is 1. The molecule has 0 saturated carbocycles. The number of carbonyl (C=O) groups is 1. The van der Waals surface area contributed by atoms with Gasteiger partial charge in [0.1, 0.15) is 12.4 Å². The number of piperidine rings is 1. The molecule has 1 aromatic carbocycles. The molecule has 3 rings (SSSR count). The highest BCUT2D eigenvalue weighted by molar-refractivity contribution is 14.0. The smallest absolute Gasteiger partial charge is 0.243 e. The number of para-hydroxylation sites is 1. The molecule has 180 valence electrons. The van der Waals surface area contributed by atoms with Crippen molar-refractivity contribution in [2.24, 2.45) is 4.99 Å². The maximum atomic E-state index is 14.3. The van der Waals surface area contributed by atoms with Crippen molar-refractivity contribution in [3.05, 3.63) is 30.1 Å². The molecule has 32 heavy (non-hydrogen) atoms. The number of hydrogen-bond acceptors (Lipinski definition) is 4. The lowest BCUT2D eigenvalue weighted by Gasteiger charge is -2.35. The maximum Gasteiger partial charge on any atom is 0.243 e. The number of amides is 1. The molecule has 1 aromatic rings. The predicted molar refractivity (Wildman–Crippen MR) is 139 cm³/mol.